The Bertz CT molecular complexity index is 330. The molecule has 0 radical (unpaired) electrons. The van der Waals surface area contributed by atoms with E-state index in [2.05, 4.69) is 23.4 Å². The average molecular weight is 211 g/mol. The van der Waals surface area contributed by atoms with Crippen LogP contribution < -0.4 is 5.73 Å². The van der Waals surface area contributed by atoms with Crippen LogP contribution in [0.3, 0.4) is 0 Å². The summed E-state index contributed by atoms with van der Waals surface area (Å²) in [5.74, 6) is 1.17. The third-order valence-corrected chi connectivity index (χ3v) is 4.41. The fraction of sp³-hybridized carbons (Fsp3) is 0.700. The second kappa shape index (κ2) is 3.28. The second-order valence-corrected chi connectivity index (χ2v) is 6.12. The van der Waals surface area contributed by atoms with E-state index in [9.17, 15) is 0 Å². The number of rotatable bonds is 2. The fourth-order valence-electron chi connectivity index (χ4n) is 1.83. The third kappa shape index (κ3) is 1.46. The van der Waals surface area contributed by atoms with Crippen LogP contribution >= 0.6 is 11.8 Å². The monoisotopic (exact) mass is 211 g/mol. The minimum absolute atomic E-state index is 0.0684. The summed E-state index contributed by atoms with van der Waals surface area (Å²) in [7, 11) is 0. The summed E-state index contributed by atoms with van der Waals surface area (Å²) in [6, 6.07) is 0.620. The van der Waals surface area contributed by atoms with Gasteiger partial charge in [-0.1, -0.05) is 0 Å². The van der Waals surface area contributed by atoms with E-state index in [-0.39, 0.29) is 6.04 Å². The van der Waals surface area contributed by atoms with E-state index < -0.39 is 0 Å². The van der Waals surface area contributed by atoms with Gasteiger partial charge < -0.3 is 10.3 Å². The highest BCUT2D eigenvalue weighted by molar-refractivity contribution is 8.02. The minimum Gasteiger partial charge on any atom is -0.328 e. The smallest absolute Gasteiger partial charge is 0.0952 e. The number of hydrogen-bond donors (Lipinski definition) is 1. The molecule has 1 fully saturated rings. The molecule has 1 aromatic rings. The average Bonchev–Trinajstić information content (AvgIpc) is 2.51. The highest BCUT2D eigenvalue weighted by Gasteiger charge is 2.41. The Kier molecular flexibility index (Phi) is 2.35. The van der Waals surface area contributed by atoms with E-state index in [0.29, 0.717) is 10.8 Å². The number of nitrogens with zero attached hydrogens (tertiary/aromatic N) is 2. The van der Waals surface area contributed by atoms with E-state index >= 15 is 0 Å². The number of hydrogen-bond acceptors (Lipinski definition) is 3. The van der Waals surface area contributed by atoms with Crippen molar-refractivity contribution < 1.29 is 0 Å². The van der Waals surface area contributed by atoms with Gasteiger partial charge in [-0.2, -0.15) is 11.8 Å². The molecule has 1 aliphatic heterocycles. The van der Waals surface area contributed by atoms with Crippen LogP contribution in [-0.2, 0) is 0 Å². The van der Waals surface area contributed by atoms with Crippen molar-refractivity contribution in [1.82, 2.24) is 9.55 Å². The number of nitrogens with two attached hydrogens (primary N) is 1. The van der Waals surface area contributed by atoms with Crippen LogP contribution in [0.2, 0.25) is 0 Å². The van der Waals surface area contributed by atoms with Gasteiger partial charge in [-0.25, -0.2) is 4.98 Å². The first-order chi connectivity index (χ1) is 6.52. The molecule has 4 heteroatoms. The predicted octanol–water partition coefficient (Wildman–Crippen LogP) is 1.97. The Morgan fingerprint density at radius 1 is 1.71 bits per heavy atom. The summed E-state index contributed by atoms with van der Waals surface area (Å²) in [6.45, 7) is 6.56. The van der Waals surface area contributed by atoms with Crippen LogP contribution in [0.25, 0.3) is 0 Å². The van der Waals surface area contributed by atoms with Crippen LogP contribution in [0.5, 0.6) is 0 Å². The van der Waals surface area contributed by atoms with Crippen molar-refractivity contribution in [2.75, 3.05) is 5.75 Å². The lowest BCUT2D eigenvalue weighted by molar-refractivity contribution is 0.402. The van der Waals surface area contributed by atoms with Crippen LogP contribution in [0.15, 0.2) is 12.5 Å². The van der Waals surface area contributed by atoms with Crippen molar-refractivity contribution >= 4 is 11.8 Å². The Morgan fingerprint density at radius 3 is 2.86 bits per heavy atom. The molecular weight excluding hydrogens is 194 g/mol. The Hall–Kier alpha value is -0.480. The maximum atomic E-state index is 5.90. The molecule has 1 aliphatic rings. The van der Waals surface area contributed by atoms with Gasteiger partial charge in [0.15, 0.2) is 0 Å². The van der Waals surface area contributed by atoms with Crippen LogP contribution in [0.4, 0.5) is 0 Å². The van der Waals surface area contributed by atoms with Crippen molar-refractivity contribution in [2.24, 2.45) is 5.73 Å². The zero-order chi connectivity index (χ0) is 10.3. The molecule has 2 atom stereocenters. The standard InChI is InChI=1S/C10H17N3S/c1-7(11)8-4-12-6-13(8)9-5-14-10(9,2)3/h4,6-7,9H,5,11H2,1-3H3/t7-,9?/m1/s1. The quantitative estimate of drug-likeness (QED) is 0.813. The summed E-state index contributed by atoms with van der Waals surface area (Å²) in [6.07, 6.45) is 3.79. The van der Waals surface area contributed by atoms with E-state index in [1.54, 1.807) is 0 Å². The largest absolute Gasteiger partial charge is 0.328 e. The maximum Gasteiger partial charge on any atom is 0.0952 e. The van der Waals surface area contributed by atoms with Gasteiger partial charge in [0.2, 0.25) is 0 Å². The summed E-state index contributed by atoms with van der Waals surface area (Å²) in [5.41, 5.74) is 7.04. The van der Waals surface area contributed by atoms with Crippen molar-refractivity contribution in [1.29, 1.82) is 0 Å². The zero-order valence-electron chi connectivity index (χ0n) is 8.90. The van der Waals surface area contributed by atoms with Gasteiger partial charge in [0.05, 0.1) is 18.1 Å². The number of aromatic nitrogens is 2. The van der Waals surface area contributed by atoms with Gasteiger partial charge in [-0.05, 0) is 20.8 Å². The SMILES string of the molecule is C[C@@H](N)c1cncn1C1CSC1(C)C. The zero-order valence-corrected chi connectivity index (χ0v) is 9.71. The normalized spacial score (nSPS) is 27.0. The van der Waals surface area contributed by atoms with Gasteiger partial charge in [0, 0.05) is 22.7 Å². The van der Waals surface area contributed by atoms with Gasteiger partial charge in [0.25, 0.3) is 0 Å². The Balaban J connectivity index is 2.28. The molecule has 2 N–H and O–H groups in total. The molecule has 0 bridgehead atoms. The molecule has 2 rings (SSSR count). The van der Waals surface area contributed by atoms with Crippen molar-refractivity contribution in [3.63, 3.8) is 0 Å². The van der Waals surface area contributed by atoms with Gasteiger partial charge in [-0.15, -0.1) is 0 Å². The lowest BCUT2D eigenvalue weighted by Gasteiger charge is -2.45. The van der Waals surface area contributed by atoms with Gasteiger partial charge in [0.1, 0.15) is 0 Å². The van der Waals surface area contributed by atoms with Crippen molar-refractivity contribution in [3.05, 3.63) is 18.2 Å². The molecular formula is C10H17N3S. The summed E-state index contributed by atoms with van der Waals surface area (Å²) >= 11 is 2.00. The molecule has 78 valence electrons. The number of thioether (sulfide) groups is 1. The molecule has 1 aromatic heterocycles. The molecule has 1 unspecified atom stereocenters. The second-order valence-electron chi connectivity index (χ2n) is 4.44. The predicted molar refractivity (Wildman–Crippen MR) is 60.4 cm³/mol. The lowest BCUT2D eigenvalue weighted by atomic mass is 10.0. The Labute approximate surface area is 89.1 Å². The minimum atomic E-state index is 0.0684. The molecule has 3 nitrogen and oxygen atoms in total. The van der Waals surface area contributed by atoms with Gasteiger partial charge >= 0.3 is 0 Å². The maximum absolute atomic E-state index is 5.90. The highest BCUT2D eigenvalue weighted by atomic mass is 32.2. The lowest BCUT2D eigenvalue weighted by Crippen LogP contribution is -2.42. The van der Waals surface area contributed by atoms with E-state index in [4.69, 9.17) is 5.73 Å². The molecule has 1 saturated heterocycles. The van der Waals surface area contributed by atoms with E-state index in [1.807, 2.05) is 31.2 Å². The highest BCUT2D eigenvalue weighted by Crippen LogP contribution is 2.48. The van der Waals surface area contributed by atoms with Crippen molar-refractivity contribution in [3.8, 4) is 0 Å². The molecule has 0 saturated carbocycles. The first-order valence-electron chi connectivity index (χ1n) is 4.93. The first kappa shape index (κ1) is 10.1. The van der Waals surface area contributed by atoms with Crippen molar-refractivity contribution in [2.45, 2.75) is 37.6 Å². The van der Waals surface area contributed by atoms with Crippen LogP contribution in [0.1, 0.15) is 38.5 Å². The molecule has 0 spiro atoms. The molecule has 2 heterocycles. The van der Waals surface area contributed by atoms with E-state index in [1.165, 1.54) is 5.75 Å². The van der Waals surface area contributed by atoms with E-state index in [0.717, 1.165) is 5.69 Å². The van der Waals surface area contributed by atoms with Gasteiger partial charge in [-0.3, -0.25) is 0 Å². The summed E-state index contributed by atoms with van der Waals surface area (Å²) in [5, 5.41) is 0. The topological polar surface area (TPSA) is 43.8 Å². The molecule has 0 amide bonds. The Morgan fingerprint density at radius 2 is 2.43 bits per heavy atom. The third-order valence-electron chi connectivity index (χ3n) is 2.91. The summed E-state index contributed by atoms with van der Waals surface area (Å²) < 4.78 is 2.56. The number of imidazole rings is 1. The fourth-order valence-corrected chi connectivity index (χ4v) is 3.09. The molecule has 14 heavy (non-hydrogen) atoms. The molecule has 0 aliphatic carbocycles. The summed E-state index contributed by atoms with van der Waals surface area (Å²) in [4.78, 5) is 4.19. The van der Waals surface area contributed by atoms with Crippen LogP contribution in [-0.4, -0.2) is 20.1 Å². The van der Waals surface area contributed by atoms with Crippen LogP contribution in [0, 0.1) is 0 Å². The molecule has 0 aromatic carbocycles. The first-order valence-corrected chi connectivity index (χ1v) is 5.92.